The van der Waals surface area contributed by atoms with Crippen LogP contribution < -0.4 is 4.90 Å². The Morgan fingerprint density at radius 3 is 2.83 bits per heavy atom. The molecule has 0 unspecified atom stereocenters. The van der Waals surface area contributed by atoms with Gasteiger partial charge in [-0.2, -0.15) is 5.10 Å². The maximum Gasteiger partial charge on any atom is 0.244 e. The first-order valence-corrected chi connectivity index (χ1v) is 8.33. The minimum Gasteiger partial charge on any atom is -0.367 e. The summed E-state index contributed by atoms with van der Waals surface area (Å²) in [6.07, 6.45) is 0.662. The first-order valence-electron chi connectivity index (χ1n) is 8.33. The highest BCUT2D eigenvalue weighted by atomic mass is 16.5. The number of nitrogens with zero attached hydrogens (tertiary/aromatic N) is 4. The van der Waals surface area contributed by atoms with Crippen molar-refractivity contribution in [2.24, 2.45) is 0 Å². The molecule has 0 bridgehead atoms. The summed E-state index contributed by atoms with van der Waals surface area (Å²) >= 11 is 0. The van der Waals surface area contributed by atoms with Gasteiger partial charge in [-0.05, 0) is 25.5 Å². The van der Waals surface area contributed by atoms with E-state index in [1.807, 2.05) is 42.2 Å². The maximum absolute atomic E-state index is 12.9. The number of hydrogen-bond donors (Lipinski definition) is 1. The van der Waals surface area contributed by atoms with Crippen molar-refractivity contribution >= 4 is 11.6 Å². The van der Waals surface area contributed by atoms with Crippen molar-refractivity contribution in [2.75, 3.05) is 31.1 Å². The molecule has 0 radical (unpaired) electrons. The van der Waals surface area contributed by atoms with Gasteiger partial charge in [-0.25, -0.2) is 4.98 Å². The largest absolute Gasteiger partial charge is 0.367 e. The molecular weight excluding hydrogens is 306 g/mol. The lowest BCUT2D eigenvalue weighted by atomic mass is 10.1. The Morgan fingerprint density at radius 1 is 1.25 bits per heavy atom. The number of hydrogen-bond acceptors (Lipinski definition) is 5. The number of nitrogens with one attached hydrogen (secondary N) is 1. The van der Waals surface area contributed by atoms with E-state index in [-0.39, 0.29) is 18.1 Å². The number of ether oxygens (including phenoxy) is 1. The van der Waals surface area contributed by atoms with Crippen molar-refractivity contribution in [3.8, 4) is 0 Å². The molecule has 126 valence electrons. The van der Waals surface area contributed by atoms with Crippen molar-refractivity contribution in [1.29, 1.82) is 0 Å². The Labute approximate surface area is 140 Å². The van der Waals surface area contributed by atoms with E-state index in [9.17, 15) is 4.79 Å². The monoisotopic (exact) mass is 327 g/mol. The molecule has 2 saturated heterocycles. The molecule has 0 saturated carbocycles. The number of aromatic nitrogens is 3. The second-order valence-corrected chi connectivity index (χ2v) is 6.26. The molecule has 4 rings (SSSR count). The third kappa shape index (κ3) is 2.81. The first-order chi connectivity index (χ1) is 11.7. The van der Waals surface area contributed by atoms with E-state index in [0.717, 1.165) is 31.0 Å². The van der Waals surface area contributed by atoms with Crippen LogP contribution in [0.3, 0.4) is 0 Å². The second kappa shape index (κ2) is 6.33. The van der Waals surface area contributed by atoms with E-state index in [0.29, 0.717) is 19.0 Å². The lowest BCUT2D eigenvalue weighted by Gasteiger charge is -2.34. The fourth-order valence-electron chi connectivity index (χ4n) is 3.48. The van der Waals surface area contributed by atoms with Crippen molar-refractivity contribution in [3.63, 3.8) is 0 Å². The highest BCUT2D eigenvalue weighted by molar-refractivity contribution is 5.99. The summed E-state index contributed by atoms with van der Waals surface area (Å²) in [5.74, 6) is 1.62. The van der Waals surface area contributed by atoms with E-state index >= 15 is 0 Å². The van der Waals surface area contributed by atoms with Gasteiger partial charge in [-0.15, -0.1) is 0 Å². The Morgan fingerprint density at radius 2 is 2.08 bits per heavy atom. The van der Waals surface area contributed by atoms with Gasteiger partial charge in [-0.3, -0.25) is 14.8 Å². The normalized spacial score (nSPS) is 25.4. The fraction of sp³-hybridized carbons (Fsp3) is 0.471. The minimum atomic E-state index is -0.178. The van der Waals surface area contributed by atoms with Crippen LogP contribution >= 0.6 is 0 Å². The number of amides is 1. The first kappa shape index (κ1) is 15.3. The number of morpholine rings is 1. The number of benzene rings is 1. The van der Waals surface area contributed by atoms with Crippen LogP contribution in [-0.4, -0.2) is 58.3 Å². The van der Waals surface area contributed by atoms with Gasteiger partial charge in [0.25, 0.3) is 0 Å². The number of anilines is 1. The molecule has 2 aliphatic heterocycles. The third-order valence-corrected chi connectivity index (χ3v) is 4.69. The van der Waals surface area contributed by atoms with E-state index < -0.39 is 0 Å². The summed E-state index contributed by atoms with van der Waals surface area (Å²) in [4.78, 5) is 21.3. The van der Waals surface area contributed by atoms with Crippen LogP contribution in [0.2, 0.25) is 0 Å². The molecule has 2 aliphatic rings. The number of para-hydroxylation sites is 1. The molecular formula is C17H21N5O2. The lowest BCUT2D eigenvalue weighted by Crippen LogP contribution is -2.48. The number of aromatic amines is 1. The molecule has 24 heavy (non-hydrogen) atoms. The minimum absolute atomic E-state index is 0.0864. The van der Waals surface area contributed by atoms with Crippen LogP contribution in [-0.2, 0) is 9.53 Å². The Kier molecular flexibility index (Phi) is 4.03. The topological polar surface area (TPSA) is 74.3 Å². The van der Waals surface area contributed by atoms with Crippen molar-refractivity contribution in [3.05, 3.63) is 42.0 Å². The zero-order chi connectivity index (χ0) is 16.5. The predicted octanol–water partition coefficient (Wildman–Crippen LogP) is 1.29. The third-order valence-electron chi connectivity index (χ3n) is 4.69. The van der Waals surface area contributed by atoms with Crippen LogP contribution in [0.5, 0.6) is 0 Å². The SMILES string of the molecule is Cc1nc([C@H]2CN([C@H]3CCN(c4ccccc4)C3=O)CCO2)n[nH]1. The molecule has 1 amide bonds. The van der Waals surface area contributed by atoms with Crippen LogP contribution in [0.4, 0.5) is 5.69 Å². The molecule has 0 aliphatic carbocycles. The zero-order valence-electron chi connectivity index (χ0n) is 13.7. The zero-order valence-corrected chi connectivity index (χ0v) is 13.7. The number of H-pyrrole nitrogens is 1. The van der Waals surface area contributed by atoms with Crippen LogP contribution in [0.15, 0.2) is 30.3 Å². The van der Waals surface area contributed by atoms with E-state index in [4.69, 9.17) is 4.74 Å². The molecule has 1 aromatic carbocycles. The maximum atomic E-state index is 12.9. The number of carbonyl (C=O) groups excluding carboxylic acids is 1. The van der Waals surface area contributed by atoms with E-state index in [1.54, 1.807) is 0 Å². The summed E-state index contributed by atoms with van der Waals surface area (Å²) in [6.45, 7) is 4.63. The van der Waals surface area contributed by atoms with Gasteiger partial charge < -0.3 is 9.64 Å². The van der Waals surface area contributed by atoms with Gasteiger partial charge in [0.2, 0.25) is 5.91 Å². The number of carbonyl (C=O) groups is 1. The summed E-state index contributed by atoms with van der Waals surface area (Å²) in [5.41, 5.74) is 0.972. The number of aryl methyl sites for hydroxylation is 1. The molecule has 2 aromatic rings. The van der Waals surface area contributed by atoms with E-state index in [2.05, 4.69) is 20.1 Å². The molecule has 1 N–H and O–H groups in total. The molecule has 2 atom stereocenters. The van der Waals surface area contributed by atoms with Crippen molar-refractivity contribution < 1.29 is 9.53 Å². The van der Waals surface area contributed by atoms with E-state index in [1.165, 1.54) is 0 Å². The highest BCUT2D eigenvalue weighted by Gasteiger charge is 2.39. The summed E-state index contributed by atoms with van der Waals surface area (Å²) in [5, 5.41) is 7.05. The Balaban J connectivity index is 1.47. The smallest absolute Gasteiger partial charge is 0.244 e. The van der Waals surface area contributed by atoms with Crippen molar-refractivity contribution in [1.82, 2.24) is 20.1 Å². The Bertz CT molecular complexity index is 717. The van der Waals surface area contributed by atoms with Gasteiger partial charge >= 0.3 is 0 Å². The summed E-state index contributed by atoms with van der Waals surface area (Å²) in [7, 11) is 0. The second-order valence-electron chi connectivity index (χ2n) is 6.26. The molecule has 2 fully saturated rings. The van der Waals surface area contributed by atoms with Gasteiger partial charge in [0.05, 0.1) is 12.6 Å². The standard InChI is InChI=1S/C17H21N5O2/c1-12-18-16(20-19-12)15-11-21(9-10-24-15)14-7-8-22(17(14)23)13-5-3-2-4-6-13/h2-6,14-15H,7-11H2,1H3,(H,18,19,20)/t14-,15+/m0/s1. The Hall–Kier alpha value is -2.25. The summed E-state index contributed by atoms with van der Waals surface area (Å²) < 4.78 is 5.80. The molecule has 0 spiro atoms. The summed E-state index contributed by atoms with van der Waals surface area (Å²) in [6, 6.07) is 9.78. The number of rotatable bonds is 3. The lowest BCUT2D eigenvalue weighted by molar-refractivity contribution is -0.125. The average Bonchev–Trinajstić information content (AvgIpc) is 3.22. The van der Waals surface area contributed by atoms with Crippen LogP contribution in [0, 0.1) is 6.92 Å². The highest BCUT2D eigenvalue weighted by Crippen LogP contribution is 2.27. The van der Waals surface area contributed by atoms with Crippen molar-refractivity contribution in [2.45, 2.75) is 25.5 Å². The predicted molar refractivity (Wildman–Crippen MR) is 88.6 cm³/mol. The molecule has 1 aromatic heterocycles. The van der Waals surface area contributed by atoms with Gasteiger partial charge in [0.15, 0.2) is 5.82 Å². The van der Waals surface area contributed by atoms with Gasteiger partial charge in [0.1, 0.15) is 11.9 Å². The van der Waals surface area contributed by atoms with Crippen LogP contribution in [0.25, 0.3) is 0 Å². The average molecular weight is 327 g/mol. The molecule has 3 heterocycles. The molecule has 7 nitrogen and oxygen atoms in total. The van der Waals surface area contributed by atoms with Gasteiger partial charge in [0, 0.05) is 25.3 Å². The quantitative estimate of drug-likeness (QED) is 0.919. The molecule has 7 heteroatoms. The fourth-order valence-corrected chi connectivity index (χ4v) is 3.48. The van der Waals surface area contributed by atoms with Crippen LogP contribution in [0.1, 0.15) is 24.2 Å². The van der Waals surface area contributed by atoms with Gasteiger partial charge in [-0.1, -0.05) is 18.2 Å².